The summed E-state index contributed by atoms with van der Waals surface area (Å²) in [4.78, 5) is 35.3. The van der Waals surface area contributed by atoms with E-state index in [1.807, 2.05) is 31.2 Å². The molecule has 0 bridgehead atoms. The highest BCUT2D eigenvalue weighted by molar-refractivity contribution is 5.97. The van der Waals surface area contributed by atoms with Crippen LogP contribution in [0.4, 0.5) is 4.79 Å². The molecular weight excluding hydrogens is 296 g/mol. The third-order valence-corrected chi connectivity index (χ3v) is 3.00. The van der Waals surface area contributed by atoms with E-state index in [4.69, 9.17) is 4.74 Å². The zero-order valence-electron chi connectivity index (χ0n) is 14.2. The van der Waals surface area contributed by atoms with E-state index in [1.165, 1.54) is 6.92 Å². The molecule has 3 amide bonds. The molecule has 0 heterocycles. The number of aryl methyl sites for hydroxylation is 1. The highest BCUT2D eigenvalue weighted by Gasteiger charge is 2.22. The van der Waals surface area contributed by atoms with Gasteiger partial charge in [-0.1, -0.05) is 24.3 Å². The number of hydrogen-bond acceptors (Lipinski definition) is 4. The van der Waals surface area contributed by atoms with Crippen LogP contribution in [0.2, 0.25) is 0 Å². The van der Waals surface area contributed by atoms with E-state index >= 15 is 0 Å². The maximum absolute atomic E-state index is 11.9. The van der Waals surface area contributed by atoms with E-state index in [-0.39, 0.29) is 6.42 Å². The highest BCUT2D eigenvalue weighted by Crippen LogP contribution is 2.09. The number of carbonyl (C=O) groups is 3. The third kappa shape index (κ3) is 6.95. The van der Waals surface area contributed by atoms with Gasteiger partial charge in [-0.2, -0.15) is 0 Å². The Kier molecular flexibility index (Phi) is 6.30. The summed E-state index contributed by atoms with van der Waals surface area (Å²) in [5, 5.41) is 4.74. The molecule has 0 aliphatic heterocycles. The van der Waals surface area contributed by atoms with Crippen LogP contribution < -0.4 is 10.6 Å². The monoisotopic (exact) mass is 320 g/mol. The van der Waals surface area contributed by atoms with Gasteiger partial charge in [0.1, 0.15) is 0 Å². The first-order valence-electron chi connectivity index (χ1n) is 7.45. The fraction of sp³-hybridized carbons (Fsp3) is 0.471. The predicted molar refractivity (Wildman–Crippen MR) is 86.9 cm³/mol. The number of benzene rings is 1. The van der Waals surface area contributed by atoms with Crippen molar-refractivity contribution in [3.8, 4) is 0 Å². The Labute approximate surface area is 136 Å². The molecule has 0 saturated carbocycles. The number of imide groups is 1. The van der Waals surface area contributed by atoms with E-state index in [9.17, 15) is 14.4 Å². The van der Waals surface area contributed by atoms with E-state index in [0.717, 1.165) is 11.1 Å². The molecule has 0 radical (unpaired) electrons. The Morgan fingerprint density at radius 3 is 2.35 bits per heavy atom. The van der Waals surface area contributed by atoms with Crippen LogP contribution in [0.5, 0.6) is 0 Å². The summed E-state index contributed by atoms with van der Waals surface area (Å²) in [6.07, 6.45) is -0.962. The molecule has 0 saturated heterocycles. The summed E-state index contributed by atoms with van der Waals surface area (Å²) in [6, 6.07) is 6.83. The molecule has 2 N–H and O–H groups in total. The van der Waals surface area contributed by atoms with E-state index in [0.29, 0.717) is 0 Å². The van der Waals surface area contributed by atoms with Crippen molar-refractivity contribution in [2.75, 3.05) is 0 Å². The molecular formula is C17H24N2O4. The highest BCUT2D eigenvalue weighted by atomic mass is 16.5. The molecule has 1 rings (SSSR count). The Bertz CT molecular complexity index is 591. The van der Waals surface area contributed by atoms with Gasteiger partial charge in [-0.3, -0.25) is 14.9 Å². The lowest BCUT2D eigenvalue weighted by molar-refractivity contribution is -0.153. The molecule has 0 fully saturated rings. The van der Waals surface area contributed by atoms with Crippen LogP contribution >= 0.6 is 0 Å². The zero-order chi connectivity index (χ0) is 17.6. The van der Waals surface area contributed by atoms with Crippen LogP contribution in [0, 0.1) is 6.92 Å². The van der Waals surface area contributed by atoms with Gasteiger partial charge in [0.05, 0.1) is 6.42 Å². The lowest BCUT2D eigenvalue weighted by Crippen LogP contribution is -2.50. The summed E-state index contributed by atoms with van der Waals surface area (Å²) in [5.41, 5.74) is 1.36. The Morgan fingerprint density at radius 1 is 1.17 bits per heavy atom. The molecule has 0 aromatic heterocycles. The molecule has 0 spiro atoms. The quantitative estimate of drug-likeness (QED) is 0.832. The average Bonchev–Trinajstić information content (AvgIpc) is 2.38. The first kappa shape index (κ1) is 18.7. The fourth-order valence-electron chi connectivity index (χ4n) is 1.84. The molecule has 0 unspecified atom stereocenters. The number of nitrogens with one attached hydrogen (secondary N) is 2. The molecule has 6 nitrogen and oxygen atoms in total. The van der Waals surface area contributed by atoms with Crippen molar-refractivity contribution < 1.29 is 19.1 Å². The number of rotatable bonds is 4. The van der Waals surface area contributed by atoms with Gasteiger partial charge in [0.25, 0.3) is 5.91 Å². The Morgan fingerprint density at radius 2 is 1.78 bits per heavy atom. The maximum Gasteiger partial charge on any atom is 0.321 e. The number of hydrogen-bond donors (Lipinski definition) is 2. The van der Waals surface area contributed by atoms with Crippen molar-refractivity contribution in [3.63, 3.8) is 0 Å². The number of amides is 3. The zero-order valence-corrected chi connectivity index (χ0v) is 14.2. The van der Waals surface area contributed by atoms with Gasteiger partial charge in [-0.15, -0.1) is 0 Å². The number of esters is 1. The third-order valence-electron chi connectivity index (χ3n) is 3.00. The first-order valence-corrected chi connectivity index (χ1v) is 7.45. The van der Waals surface area contributed by atoms with Gasteiger partial charge in [0.2, 0.25) is 0 Å². The molecule has 1 atom stereocenters. The largest absolute Gasteiger partial charge is 0.452 e. The first-order chi connectivity index (χ1) is 10.6. The lowest BCUT2D eigenvalue weighted by atomic mass is 10.1. The van der Waals surface area contributed by atoms with Crippen LogP contribution in [0.1, 0.15) is 38.8 Å². The van der Waals surface area contributed by atoms with E-state index in [2.05, 4.69) is 10.6 Å². The van der Waals surface area contributed by atoms with Crippen molar-refractivity contribution in [2.24, 2.45) is 0 Å². The molecule has 1 aromatic rings. The molecule has 1 aromatic carbocycles. The van der Waals surface area contributed by atoms with Crippen LogP contribution in [0.3, 0.4) is 0 Å². The second-order valence-electron chi connectivity index (χ2n) is 6.43. The Balaban J connectivity index is 2.50. The Hall–Kier alpha value is -2.37. The van der Waals surface area contributed by atoms with Gasteiger partial charge in [0.15, 0.2) is 6.10 Å². The standard InChI is InChI=1S/C17H24N2O4/c1-11-8-6-7-9-13(11)10-14(20)23-12(2)15(21)18-16(22)19-17(3,4)5/h6-9,12H,10H2,1-5H3,(H2,18,19,21,22)/t12-/m1/s1. The summed E-state index contributed by atoms with van der Waals surface area (Å²) in [6.45, 7) is 8.71. The average molecular weight is 320 g/mol. The number of ether oxygens (including phenoxy) is 1. The summed E-state index contributed by atoms with van der Waals surface area (Å²) in [7, 11) is 0. The van der Waals surface area contributed by atoms with Crippen LogP contribution in [-0.2, 0) is 20.7 Å². The van der Waals surface area contributed by atoms with Crippen LogP contribution in [0.15, 0.2) is 24.3 Å². The number of carbonyl (C=O) groups excluding carboxylic acids is 3. The van der Waals surface area contributed by atoms with Crippen molar-refractivity contribution in [2.45, 2.75) is 52.7 Å². The van der Waals surface area contributed by atoms with Crippen molar-refractivity contribution in [1.82, 2.24) is 10.6 Å². The van der Waals surface area contributed by atoms with Gasteiger partial charge in [0, 0.05) is 5.54 Å². The van der Waals surface area contributed by atoms with Crippen molar-refractivity contribution in [3.05, 3.63) is 35.4 Å². The smallest absolute Gasteiger partial charge is 0.321 e. The number of urea groups is 1. The van der Waals surface area contributed by atoms with E-state index < -0.39 is 29.6 Å². The topological polar surface area (TPSA) is 84.5 Å². The second kappa shape index (κ2) is 7.76. The minimum absolute atomic E-state index is 0.0818. The normalized spacial score (nSPS) is 12.2. The van der Waals surface area contributed by atoms with Gasteiger partial charge < -0.3 is 10.1 Å². The SMILES string of the molecule is Cc1ccccc1CC(=O)O[C@H](C)C(=O)NC(=O)NC(C)(C)C. The minimum Gasteiger partial charge on any atom is -0.452 e. The molecule has 0 aliphatic rings. The second-order valence-corrected chi connectivity index (χ2v) is 6.43. The maximum atomic E-state index is 11.9. The molecule has 0 aliphatic carbocycles. The van der Waals surface area contributed by atoms with Crippen LogP contribution in [-0.4, -0.2) is 29.6 Å². The lowest BCUT2D eigenvalue weighted by Gasteiger charge is -2.21. The van der Waals surface area contributed by atoms with Gasteiger partial charge in [-0.05, 0) is 45.7 Å². The van der Waals surface area contributed by atoms with Crippen molar-refractivity contribution >= 4 is 17.9 Å². The minimum atomic E-state index is -1.04. The molecule has 126 valence electrons. The predicted octanol–water partition coefficient (Wildman–Crippen LogP) is 2.09. The van der Waals surface area contributed by atoms with Crippen LogP contribution in [0.25, 0.3) is 0 Å². The molecule has 6 heteroatoms. The molecule has 23 heavy (non-hydrogen) atoms. The van der Waals surface area contributed by atoms with Gasteiger partial charge >= 0.3 is 12.0 Å². The fourth-order valence-corrected chi connectivity index (χ4v) is 1.84. The summed E-state index contributed by atoms with van der Waals surface area (Å²) >= 11 is 0. The summed E-state index contributed by atoms with van der Waals surface area (Å²) < 4.78 is 5.07. The summed E-state index contributed by atoms with van der Waals surface area (Å²) in [5.74, 6) is -1.18. The van der Waals surface area contributed by atoms with Crippen molar-refractivity contribution in [1.29, 1.82) is 0 Å². The van der Waals surface area contributed by atoms with Gasteiger partial charge in [-0.25, -0.2) is 4.79 Å². The van der Waals surface area contributed by atoms with E-state index in [1.54, 1.807) is 20.8 Å².